The molecule has 2 heterocycles. The Labute approximate surface area is 217 Å². The van der Waals surface area contributed by atoms with Crippen molar-refractivity contribution in [2.24, 2.45) is 0 Å². The van der Waals surface area contributed by atoms with Crippen molar-refractivity contribution < 1.29 is 23.8 Å². The van der Waals surface area contributed by atoms with E-state index in [1.807, 2.05) is 53.7 Å². The molecule has 2 aromatic rings. The van der Waals surface area contributed by atoms with Crippen molar-refractivity contribution in [1.82, 2.24) is 20.0 Å². The summed E-state index contributed by atoms with van der Waals surface area (Å²) in [6.07, 6.45) is -0.480. The van der Waals surface area contributed by atoms with Crippen LogP contribution in [0.3, 0.4) is 0 Å². The summed E-state index contributed by atoms with van der Waals surface area (Å²) in [4.78, 5) is 27.5. The summed E-state index contributed by atoms with van der Waals surface area (Å²) in [5, 5.41) is 11.2. The molecule has 0 radical (unpaired) electrons. The first-order valence-corrected chi connectivity index (χ1v) is 12.2. The van der Waals surface area contributed by atoms with Gasteiger partial charge in [0.2, 0.25) is 0 Å². The summed E-state index contributed by atoms with van der Waals surface area (Å²) in [7, 11) is 2.99. The fraction of sp³-hybridized carbons (Fsp3) is 0.560. The maximum absolute atomic E-state index is 12.9. The molecule has 10 nitrogen and oxygen atoms in total. The number of benzene rings is 1. The summed E-state index contributed by atoms with van der Waals surface area (Å²) in [6, 6.07) is 2.99. The van der Waals surface area contributed by atoms with Gasteiger partial charge in [-0.25, -0.2) is 14.3 Å². The molecule has 1 aliphatic heterocycles. The molecule has 1 atom stereocenters. The maximum Gasteiger partial charge on any atom is 0.410 e. The van der Waals surface area contributed by atoms with Crippen LogP contribution < -0.4 is 10.6 Å². The zero-order chi connectivity index (χ0) is 26.8. The van der Waals surface area contributed by atoms with Crippen LogP contribution in [0.5, 0.6) is 0 Å². The van der Waals surface area contributed by atoms with Crippen LogP contribution in [0.25, 0.3) is 5.69 Å². The van der Waals surface area contributed by atoms with Gasteiger partial charge in [0, 0.05) is 37.8 Å². The number of nitrogens with zero attached hydrogens (tertiary/aromatic N) is 3. The van der Waals surface area contributed by atoms with Gasteiger partial charge in [0.05, 0.1) is 24.0 Å². The molecule has 198 valence electrons. The molecule has 0 bridgehead atoms. The number of ether oxygens (including phenoxy) is 3. The minimum atomic E-state index is -0.625. The van der Waals surface area contributed by atoms with E-state index >= 15 is 0 Å². The van der Waals surface area contributed by atoms with Crippen LogP contribution in [-0.2, 0) is 20.6 Å². The molecule has 11 heteroatoms. The number of fused-ring (bicyclic) bond motifs is 1. The molecular formula is C25H36ClN5O5. The first kappa shape index (κ1) is 27.8. The van der Waals surface area contributed by atoms with Crippen molar-refractivity contribution in [3.8, 4) is 5.69 Å². The minimum Gasteiger partial charge on any atom is -0.444 e. The van der Waals surface area contributed by atoms with Gasteiger partial charge in [0.25, 0.3) is 0 Å². The quantitative estimate of drug-likeness (QED) is 0.532. The lowest BCUT2D eigenvalue weighted by atomic mass is 10.00. The van der Waals surface area contributed by atoms with Gasteiger partial charge in [-0.2, -0.15) is 5.10 Å². The number of methoxy groups -OCH3 is 2. The fourth-order valence-electron chi connectivity index (χ4n) is 4.19. The molecular weight excluding hydrogens is 486 g/mol. The van der Waals surface area contributed by atoms with Crippen LogP contribution in [0.15, 0.2) is 12.1 Å². The van der Waals surface area contributed by atoms with E-state index in [0.29, 0.717) is 23.8 Å². The number of nitrogens with one attached hydrogen (secondary N) is 2. The topological polar surface area (TPSA) is 107 Å². The smallest absolute Gasteiger partial charge is 0.410 e. The maximum atomic E-state index is 12.9. The van der Waals surface area contributed by atoms with E-state index in [2.05, 4.69) is 10.6 Å². The lowest BCUT2D eigenvalue weighted by Gasteiger charge is -2.34. The van der Waals surface area contributed by atoms with E-state index < -0.39 is 24.0 Å². The number of halogens is 1. The number of hydrogen-bond donors (Lipinski definition) is 2. The highest BCUT2D eigenvalue weighted by Crippen LogP contribution is 2.38. The van der Waals surface area contributed by atoms with Crippen LogP contribution in [0.2, 0.25) is 5.02 Å². The van der Waals surface area contributed by atoms with Gasteiger partial charge in [-0.15, -0.1) is 0 Å². The highest BCUT2D eigenvalue weighted by atomic mass is 35.5. The zero-order valence-electron chi connectivity index (χ0n) is 22.2. The average molecular weight is 522 g/mol. The Morgan fingerprint density at radius 2 is 1.81 bits per heavy atom. The first-order valence-electron chi connectivity index (χ1n) is 11.8. The van der Waals surface area contributed by atoms with Gasteiger partial charge < -0.3 is 24.4 Å². The predicted octanol–water partition coefficient (Wildman–Crippen LogP) is 4.74. The molecule has 1 aliphatic rings. The van der Waals surface area contributed by atoms with Gasteiger partial charge in [-0.3, -0.25) is 5.32 Å². The van der Waals surface area contributed by atoms with Gasteiger partial charge in [-0.1, -0.05) is 11.6 Å². The number of carbonyl (C=O) groups excluding carboxylic acids is 2. The molecule has 3 rings (SSSR count). The van der Waals surface area contributed by atoms with Crippen molar-refractivity contribution in [3.05, 3.63) is 39.5 Å². The molecule has 0 aliphatic carbocycles. The van der Waals surface area contributed by atoms with Crippen LogP contribution in [-0.4, -0.2) is 66.0 Å². The van der Waals surface area contributed by atoms with E-state index in [9.17, 15) is 9.59 Å². The first-order chi connectivity index (χ1) is 16.9. The second kappa shape index (κ2) is 11.1. The largest absolute Gasteiger partial charge is 0.444 e. The van der Waals surface area contributed by atoms with Crippen molar-refractivity contribution in [3.63, 3.8) is 0 Å². The summed E-state index contributed by atoms with van der Waals surface area (Å²) < 4.78 is 17.6. The van der Waals surface area contributed by atoms with Crippen molar-refractivity contribution in [2.75, 3.05) is 32.6 Å². The Kier molecular flexibility index (Phi) is 8.53. The van der Waals surface area contributed by atoms with Gasteiger partial charge in [0.1, 0.15) is 11.4 Å². The zero-order valence-corrected chi connectivity index (χ0v) is 22.9. The SMILES string of the molecule is COC(CNC(=O)Nc1c2c(nn1-c1cc(C)c(Cl)c(C)c1)CCN(C(=O)OC(C)(C)C)[C@H]2C)OC. The monoisotopic (exact) mass is 521 g/mol. The molecule has 2 N–H and O–H groups in total. The Balaban J connectivity index is 2.03. The summed E-state index contributed by atoms with van der Waals surface area (Å²) in [5.74, 6) is 0.468. The number of anilines is 1. The van der Waals surface area contributed by atoms with Crippen LogP contribution >= 0.6 is 11.6 Å². The van der Waals surface area contributed by atoms with Crippen LogP contribution in [0.1, 0.15) is 56.1 Å². The third kappa shape index (κ3) is 6.11. The van der Waals surface area contributed by atoms with Crippen molar-refractivity contribution in [2.45, 2.75) is 65.9 Å². The molecule has 1 aromatic carbocycles. The molecule has 0 unspecified atom stereocenters. The number of urea groups is 1. The van der Waals surface area contributed by atoms with Gasteiger partial charge in [-0.05, 0) is 64.8 Å². The number of hydrogen-bond acceptors (Lipinski definition) is 6. The highest BCUT2D eigenvalue weighted by Gasteiger charge is 2.36. The number of rotatable bonds is 6. The molecule has 3 amide bonds. The number of aromatic nitrogens is 2. The van der Waals surface area contributed by atoms with E-state index in [1.54, 1.807) is 9.58 Å². The van der Waals surface area contributed by atoms with Crippen LogP contribution in [0, 0.1) is 13.8 Å². The Bertz CT molecular complexity index is 1100. The van der Waals surface area contributed by atoms with Crippen LogP contribution in [0.4, 0.5) is 15.4 Å². The summed E-state index contributed by atoms with van der Waals surface area (Å²) in [5.41, 5.74) is 3.46. The third-order valence-corrected chi connectivity index (χ3v) is 6.55. The second-order valence-electron chi connectivity index (χ2n) is 9.85. The Morgan fingerprint density at radius 3 is 2.36 bits per heavy atom. The summed E-state index contributed by atoms with van der Waals surface area (Å²) >= 11 is 6.40. The molecule has 0 spiro atoms. The number of amides is 3. The highest BCUT2D eigenvalue weighted by molar-refractivity contribution is 6.32. The Hall–Kier alpha value is -2.82. The van der Waals surface area contributed by atoms with E-state index in [-0.39, 0.29) is 12.6 Å². The van der Waals surface area contributed by atoms with Crippen molar-refractivity contribution >= 4 is 29.5 Å². The molecule has 0 fully saturated rings. The second-order valence-corrected chi connectivity index (χ2v) is 10.2. The average Bonchev–Trinajstić information content (AvgIpc) is 3.15. The standard InChI is InChI=1S/C25H36ClN5O5/c1-14-11-17(12-15(2)21(14)26)31-22(28-23(32)27-13-19(34-7)35-8)20-16(3)30(10-9-18(20)29-31)24(33)36-25(4,5)6/h11-12,16,19H,9-10,13H2,1-8H3,(H2,27,28,32)/t16-/m0/s1. The van der Waals surface area contributed by atoms with E-state index in [4.69, 9.17) is 30.9 Å². The predicted molar refractivity (Wildman–Crippen MR) is 138 cm³/mol. The minimum absolute atomic E-state index is 0.147. The summed E-state index contributed by atoms with van der Waals surface area (Å²) in [6.45, 7) is 11.8. The van der Waals surface area contributed by atoms with E-state index in [0.717, 1.165) is 28.1 Å². The molecule has 0 saturated carbocycles. The Morgan fingerprint density at radius 1 is 1.19 bits per heavy atom. The molecule has 36 heavy (non-hydrogen) atoms. The molecule has 1 aromatic heterocycles. The number of aryl methyl sites for hydroxylation is 2. The number of carbonyl (C=O) groups is 2. The van der Waals surface area contributed by atoms with Gasteiger partial charge in [0.15, 0.2) is 6.29 Å². The third-order valence-electron chi connectivity index (χ3n) is 5.95. The lowest BCUT2D eigenvalue weighted by Crippen LogP contribution is -2.42. The molecule has 0 saturated heterocycles. The normalized spacial score (nSPS) is 15.6. The van der Waals surface area contributed by atoms with E-state index in [1.165, 1.54) is 14.2 Å². The van der Waals surface area contributed by atoms with Gasteiger partial charge >= 0.3 is 12.1 Å². The van der Waals surface area contributed by atoms with Crippen molar-refractivity contribution in [1.29, 1.82) is 0 Å². The fourth-order valence-corrected chi connectivity index (χ4v) is 4.30. The lowest BCUT2D eigenvalue weighted by molar-refractivity contribution is -0.0970.